The average molecular weight is 433 g/mol. The molecular formula is C19H21N5O3S2. The van der Waals surface area contributed by atoms with Gasteiger partial charge in [0.15, 0.2) is 1.41 Å². The van der Waals surface area contributed by atoms with E-state index in [9.17, 15) is 13.2 Å². The van der Waals surface area contributed by atoms with Gasteiger partial charge in [0.25, 0.3) is 0 Å². The van der Waals surface area contributed by atoms with E-state index in [1.165, 1.54) is 0 Å². The Balaban J connectivity index is 1.58. The fourth-order valence-corrected chi connectivity index (χ4v) is 4.99. The minimum atomic E-state index is -3.71. The predicted molar refractivity (Wildman–Crippen MR) is 111 cm³/mol. The molecule has 0 bridgehead atoms. The first-order valence-corrected chi connectivity index (χ1v) is 11.9. The summed E-state index contributed by atoms with van der Waals surface area (Å²) in [4.78, 5) is 22.1. The first-order valence-electron chi connectivity index (χ1n) is 9.61. The van der Waals surface area contributed by atoms with Gasteiger partial charge in [0, 0.05) is 53.1 Å². The molecule has 2 aromatic rings. The van der Waals surface area contributed by atoms with Crippen LogP contribution in [0, 0.1) is 5.92 Å². The highest BCUT2D eigenvalue weighted by molar-refractivity contribution is 7.89. The number of hydrazine groups is 1. The lowest BCUT2D eigenvalue weighted by atomic mass is 9.82. The Morgan fingerprint density at radius 1 is 1.45 bits per heavy atom. The number of rotatable bonds is 3. The SMILES string of the molecule is [2H]N1C2=CC=CC(c3cnc(-c4cccnc4)s3)C2CCCN1C(=O)NS(C)(=O)=O. The van der Waals surface area contributed by atoms with Crippen LogP contribution >= 0.6 is 11.3 Å². The molecule has 0 aromatic carbocycles. The molecule has 1 aliphatic carbocycles. The van der Waals surface area contributed by atoms with Gasteiger partial charge in [0.2, 0.25) is 10.0 Å². The molecule has 2 aromatic heterocycles. The topological polar surface area (TPSA) is 104 Å². The molecule has 152 valence electrons. The fourth-order valence-electron chi connectivity index (χ4n) is 3.52. The molecule has 4 rings (SSSR count). The zero-order chi connectivity index (χ0) is 21.3. The number of carbonyl (C=O) groups is 1. The van der Waals surface area contributed by atoms with Crippen LogP contribution in [0.2, 0.25) is 1.41 Å². The van der Waals surface area contributed by atoms with Crippen molar-refractivity contribution < 1.29 is 14.6 Å². The molecule has 1 saturated heterocycles. The number of fused-ring (bicyclic) bond motifs is 1. The number of hydrogen-bond donors (Lipinski definition) is 2. The Labute approximate surface area is 174 Å². The van der Waals surface area contributed by atoms with Crippen LogP contribution in [0.1, 0.15) is 23.6 Å². The summed E-state index contributed by atoms with van der Waals surface area (Å²) in [5, 5.41) is 2.00. The van der Waals surface area contributed by atoms with Crippen molar-refractivity contribution in [2.75, 3.05) is 12.8 Å². The Hall–Kier alpha value is -2.72. The van der Waals surface area contributed by atoms with Gasteiger partial charge in [-0.15, -0.1) is 11.3 Å². The molecule has 2 aliphatic rings. The van der Waals surface area contributed by atoms with Gasteiger partial charge in [-0.25, -0.2) is 27.9 Å². The quantitative estimate of drug-likeness (QED) is 0.773. The lowest BCUT2D eigenvalue weighted by Gasteiger charge is -2.29. The maximum Gasteiger partial charge on any atom is 0.349 e. The number of pyridine rings is 1. The van der Waals surface area contributed by atoms with Gasteiger partial charge >= 0.3 is 6.03 Å². The molecule has 2 N–H and O–H groups in total. The van der Waals surface area contributed by atoms with E-state index in [0.29, 0.717) is 12.1 Å². The second kappa shape index (κ2) is 7.96. The maximum absolute atomic E-state index is 12.4. The van der Waals surface area contributed by atoms with Crippen LogP contribution in [0.5, 0.6) is 0 Å². The Bertz CT molecular complexity index is 1100. The van der Waals surface area contributed by atoms with Crippen LogP contribution in [0.3, 0.4) is 0 Å². The number of sulfonamides is 1. The van der Waals surface area contributed by atoms with E-state index in [1.807, 2.05) is 35.2 Å². The number of carbonyl (C=O) groups excluding carboxylic acids is 1. The number of thiazole rings is 1. The van der Waals surface area contributed by atoms with Crippen LogP contribution in [-0.2, 0) is 10.0 Å². The third-order valence-corrected chi connectivity index (χ3v) is 6.48. The molecule has 1 aliphatic heterocycles. The molecule has 8 nitrogen and oxygen atoms in total. The molecule has 2 unspecified atom stereocenters. The predicted octanol–water partition coefficient (Wildman–Crippen LogP) is 2.63. The number of nitrogens with zero attached hydrogens (tertiary/aromatic N) is 3. The molecule has 0 saturated carbocycles. The van der Waals surface area contributed by atoms with E-state index in [1.54, 1.807) is 23.7 Å². The summed E-state index contributed by atoms with van der Waals surface area (Å²) < 4.78 is 33.3. The number of aromatic nitrogens is 2. The fraction of sp³-hybridized carbons (Fsp3) is 0.316. The van der Waals surface area contributed by atoms with Crippen molar-refractivity contribution in [3.8, 4) is 10.6 Å². The van der Waals surface area contributed by atoms with E-state index >= 15 is 0 Å². The van der Waals surface area contributed by atoms with Gasteiger partial charge in [-0.2, -0.15) is 0 Å². The summed E-state index contributed by atoms with van der Waals surface area (Å²) in [6.07, 6.45) is 13.5. The third kappa shape index (κ3) is 4.48. The monoisotopic (exact) mass is 432 g/mol. The van der Waals surface area contributed by atoms with Crippen LogP contribution in [-0.4, -0.2) is 42.2 Å². The summed E-state index contributed by atoms with van der Waals surface area (Å²) in [5.41, 5.74) is 2.63. The number of urea groups is 1. The van der Waals surface area contributed by atoms with E-state index in [0.717, 1.165) is 38.6 Å². The minimum absolute atomic E-state index is 0.00858. The zero-order valence-electron chi connectivity index (χ0n) is 16.7. The molecule has 2 amide bonds. The molecule has 2 atom stereocenters. The van der Waals surface area contributed by atoms with Gasteiger partial charge in [-0.1, -0.05) is 12.2 Å². The van der Waals surface area contributed by atoms with Gasteiger partial charge in [-0.05, 0) is 31.1 Å². The van der Waals surface area contributed by atoms with E-state index in [4.69, 9.17) is 1.41 Å². The molecular weight excluding hydrogens is 410 g/mol. The van der Waals surface area contributed by atoms with Crippen molar-refractivity contribution in [1.29, 1.82) is 0 Å². The molecule has 1 fully saturated rings. The second-order valence-electron chi connectivity index (χ2n) is 6.96. The molecule has 10 heteroatoms. The second-order valence-corrected chi connectivity index (χ2v) is 9.77. The summed E-state index contributed by atoms with van der Waals surface area (Å²) in [7, 11) is -3.71. The Kier molecular flexibility index (Phi) is 5.03. The third-order valence-electron chi connectivity index (χ3n) is 4.79. The summed E-state index contributed by atoms with van der Waals surface area (Å²) in [6, 6.07) is 3.02. The number of amides is 2. The van der Waals surface area contributed by atoms with Crippen molar-refractivity contribution in [2.24, 2.45) is 5.92 Å². The standard InChI is InChI=1S/C19H21N5O3S2/c1-29(26,27)23-19(25)24-10-4-7-14-15(6-2-8-16(14)22-24)17-12-21-18(28-17)13-5-3-9-20-11-13/h2-3,5-6,8-9,11-12,14-15,22H,4,7,10H2,1H3,(H,23,25)/i/hD. The molecule has 29 heavy (non-hydrogen) atoms. The molecule has 0 spiro atoms. The highest BCUT2D eigenvalue weighted by Gasteiger charge is 2.32. The first kappa shape index (κ1) is 18.3. The van der Waals surface area contributed by atoms with Gasteiger partial charge in [0.1, 0.15) is 5.01 Å². The highest BCUT2D eigenvalue weighted by Crippen LogP contribution is 2.41. The van der Waals surface area contributed by atoms with E-state index < -0.39 is 16.1 Å². The first-order chi connectivity index (χ1) is 14.3. The average Bonchev–Trinajstić information content (AvgIpc) is 3.13. The van der Waals surface area contributed by atoms with Crippen LogP contribution < -0.4 is 10.1 Å². The number of allylic oxidation sites excluding steroid dienone is 4. The Morgan fingerprint density at radius 2 is 2.31 bits per heavy atom. The largest absolute Gasteiger partial charge is 0.349 e. The van der Waals surface area contributed by atoms with Crippen molar-refractivity contribution >= 4 is 27.4 Å². The zero-order valence-corrected chi connectivity index (χ0v) is 17.4. The smallest absolute Gasteiger partial charge is 0.298 e. The normalized spacial score (nSPS) is 22.4. The summed E-state index contributed by atoms with van der Waals surface area (Å²) in [6.45, 7) is 0.259. The van der Waals surface area contributed by atoms with Crippen molar-refractivity contribution in [3.05, 3.63) is 59.5 Å². The van der Waals surface area contributed by atoms with Gasteiger partial charge in [0.05, 0.1) is 6.26 Å². The van der Waals surface area contributed by atoms with E-state index in [-0.39, 0.29) is 18.4 Å². The lowest BCUT2D eigenvalue weighted by Crippen LogP contribution is -2.49. The summed E-state index contributed by atoms with van der Waals surface area (Å²) >= 11 is 1.59. The molecule has 0 radical (unpaired) electrons. The summed E-state index contributed by atoms with van der Waals surface area (Å²) in [5.74, 6) is 0.0180. The number of hydrogen-bond acceptors (Lipinski definition) is 7. The lowest BCUT2D eigenvalue weighted by molar-refractivity contribution is 0.187. The highest BCUT2D eigenvalue weighted by atomic mass is 32.2. The van der Waals surface area contributed by atoms with Crippen molar-refractivity contribution in [3.63, 3.8) is 0 Å². The van der Waals surface area contributed by atoms with Crippen molar-refractivity contribution in [1.82, 2.24) is 25.1 Å². The minimum Gasteiger partial charge on any atom is -0.298 e. The molecule has 3 heterocycles. The van der Waals surface area contributed by atoms with E-state index in [2.05, 4.69) is 16.0 Å². The van der Waals surface area contributed by atoms with Crippen LogP contribution in [0.4, 0.5) is 4.79 Å². The number of nitrogens with one attached hydrogen (secondary N) is 2. The van der Waals surface area contributed by atoms with Gasteiger partial charge in [-0.3, -0.25) is 10.4 Å². The van der Waals surface area contributed by atoms with Crippen LogP contribution in [0.15, 0.2) is 54.6 Å². The Morgan fingerprint density at radius 3 is 3.07 bits per heavy atom. The van der Waals surface area contributed by atoms with Crippen LogP contribution in [0.25, 0.3) is 10.6 Å². The van der Waals surface area contributed by atoms with Crippen molar-refractivity contribution in [2.45, 2.75) is 18.8 Å². The van der Waals surface area contributed by atoms with Gasteiger partial charge < -0.3 is 0 Å². The maximum atomic E-state index is 12.4.